The zero-order valence-electron chi connectivity index (χ0n) is 9.99. The standard InChI is InChI=1S/C13H10N2O3S/c1-7-5-19-6-9(7)12-14-13(18-15-12)8-3-2-4-10(16)11(8)17/h2-6,16-17H,1H3. The molecule has 2 aromatic heterocycles. The van der Waals surface area contributed by atoms with Crippen molar-refractivity contribution in [3.05, 3.63) is 34.5 Å². The number of thiophene rings is 1. The zero-order valence-corrected chi connectivity index (χ0v) is 10.8. The van der Waals surface area contributed by atoms with Crippen molar-refractivity contribution < 1.29 is 14.7 Å². The third-order valence-corrected chi connectivity index (χ3v) is 3.63. The van der Waals surface area contributed by atoms with Crippen LogP contribution in [0.25, 0.3) is 22.8 Å². The van der Waals surface area contributed by atoms with Crippen LogP contribution in [-0.2, 0) is 0 Å². The van der Waals surface area contributed by atoms with Crippen molar-refractivity contribution in [3.8, 4) is 34.3 Å². The summed E-state index contributed by atoms with van der Waals surface area (Å²) in [6.07, 6.45) is 0. The summed E-state index contributed by atoms with van der Waals surface area (Å²) in [7, 11) is 0. The highest BCUT2D eigenvalue weighted by atomic mass is 32.1. The summed E-state index contributed by atoms with van der Waals surface area (Å²) < 4.78 is 5.14. The van der Waals surface area contributed by atoms with Crippen LogP contribution >= 0.6 is 11.3 Å². The molecule has 0 fully saturated rings. The molecular formula is C13H10N2O3S. The van der Waals surface area contributed by atoms with Crippen molar-refractivity contribution in [1.29, 1.82) is 0 Å². The number of phenolic OH excluding ortho intramolecular Hbond substituents is 2. The fraction of sp³-hybridized carbons (Fsp3) is 0.0769. The quantitative estimate of drug-likeness (QED) is 0.701. The summed E-state index contributed by atoms with van der Waals surface area (Å²) in [5.41, 5.74) is 2.28. The molecule has 6 heteroatoms. The molecule has 3 aromatic rings. The van der Waals surface area contributed by atoms with Crippen molar-refractivity contribution in [2.24, 2.45) is 0 Å². The zero-order chi connectivity index (χ0) is 13.4. The number of aromatic nitrogens is 2. The lowest BCUT2D eigenvalue weighted by Crippen LogP contribution is -1.82. The van der Waals surface area contributed by atoms with Crippen molar-refractivity contribution in [2.45, 2.75) is 6.92 Å². The average Bonchev–Trinajstić information content (AvgIpc) is 3.01. The summed E-state index contributed by atoms with van der Waals surface area (Å²) in [6, 6.07) is 4.59. The van der Waals surface area contributed by atoms with E-state index in [9.17, 15) is 10.2 Å². The lowest BCUT2D eigenvalue weighted by atomic mass is 10.2. The molecule has 0 atom stereocenters. The second kappa shape index (κ2) is 4.40. The third-order valence-electron chi connectivity index (χ3n) is 2.77. The Morgan fingerprint density at radius 3 is 2.74 bits per heavy atom. The summed E-state index contributed by atoms with van der Waals surface area (Å²) in [6.45, 7) is 1.97. The first-order valence-corrected chi connectivity index (χ1v) is 6.49. The van der Waals surface area contributed by atoms with Gasteiger partial charge in [0.05, 0.1) is 5.56 Å². The largest absolute Gasteiger partial charge is 0.504 e. The Kier molecular flexibility index (Phi) is 2.72. The molecule has 0 aliphatic heterocycles. The topological polar surface area (TPSA) is 79.4 Å². The Bertz CT molecular complexity index is 733. The number of hydrogen-bond acceptors (Lipinski definition) is 6. The lowest BCUT2D eigenvalue weighted by Gasteiger charge is -2.00. The highest BCUT2D eigenvalue weighted by Crippen LogP contribution is 2.36. The summed E-state index contributed by atoms with van der Waals surface area (Å²) >= 11 is 1.56. The minimum atomic E-state index is -0.264. The van der Waals surface area contributed by atoms with Crippen LogP contribution in [-0.4, -0.2) is 20.4 Å². The molecule has 0 spiro atoms. The molecule has 3 rings (SSSR count). The summed E-state index contributed by atoms with van der Waals surface area (Å²) in [4.78, 5) is 4.24. The van der Waals surface area contributed by atoms with Gasteiger partial charge < -0.3 is 14.7 Å². The molecule has 2 heterocycles. The number of nitrogens with zero attached hydrogens (tertiary/aromatic N) is 2. The van der Waals surface area contributed by atoms with Gasteiger partial charge in [-0.2, -0.15) is 16.3 Å². The van der Waals surface area contributed by atoms with E-state index in [0.717, 1.165) is 11.1 Å². The maximum atomic E-state index is 9.77. The molecule has 5 nitrogen and oxygen atoms in total. The van der Waals surface area contributed by atoms with Gasteiger partial charge in [-0.25, -0.2) is 0 Å². The molecule has 0 bridgehead atoms. The number of rotatable bonds is 2. The van der Waals surface area contributed by atoms with Gasteiger partial charge in [-0.05, 0) is 30.0 Å². The first-order chi connectivity index (χ1) is 9.16. The van der Waals surface area contributed by atoms with Crippen molar-refractivity contribution in [1.82, 2.24) is 10.1 Å². The third kappa shape index (κ3) is 1.96. The second-order valence-electron chi connectivity index (χ2n) is 4.06. The molecule has 96 valence electrons. The van der Waals surface area contributed by atoms with Crippen molar-refractivity contribution >= 4 is 11.3 Å². The lowest BCUT2D eigenvalue weighted by molar-refractivity contribution is 0.397. The number of benzene rings is 1. The molecule has 2 N–H and O–H groups in total. The van der Waals surface area contributed by atoms with Crippen LogP contribution in [0.5, 0.6) is 11.5 Å². The number of para-hydroxylation sites is 1. The molecule has 1 aromatic carbocycles. The molecule has 0 amide bonds. The first-order valence-electron chi connectivity index (χ1n) is 5.55. The first kappa shape index (κ1) is 11.7. The number of aryl methyl sites for hydroxylation is 1. The fourth-order valence-electron chi connectivity index (χ4n) is 1.74. The number of hydrogen-bond donors (Lipinski definition) is 2. The Hall–Kier alpha value is -2.34. The van der Waals surface area contributed by atoms with Crippen LogP contribution in [0, 0.1) is 6.92 Å². The van der Waals surface area contributed by atoms with E-state index in [1.165, 1.54) is 6.07 Å². The van der Waals surface area contributed by atoms with Crippen LogP contribution in [0.15, 0.2) is 33.5 Å². The van der Waals surface area contributed by atoms with Gasteiger partial charge in [-0.1, -0.05) is 11.2 Å². The molecule has 0 aliphatic rings. The monoisotopic (exact) mass is 274 g/mol. The molecule has 0 unspecified atom stereocenters. The van der Waals surface area contributed by atoms with E-state index in [4.69, 9.17) is 4.52 Å². The van der Waals surface area contributed by atoms with Gasteiger partial charge in [0, 0.05) is 10.9 Å². The van der Waals surface area contributed by atoms with Gasteiger partial charge in [0.15, 0.2) is 11.5 Å². The SMILES string of the molecule is Cc1cscc1-c1noc(-c2cccc(O)c2O)n1. The Morgan fingerprint density at radius 2 is 2.00 bits per heavy atom. The number of aromatic hydroxyl groups is 2. The maximum Gasteiger partial charge on any atom is 0.262 e. The average molecular weight is 274 g/mol. The van der Waals surface area contributed by atoms with E-state index in [2.05, 4.69) is 10.1 Å². The maximum absolute atomic E-state index is 9.77. The molecule has 19 heavy (non-hydrogen) atoms. The molecule has 0 aliphatic carbocycles. The van der Waals surface area contributed by atoms with Gasteiger partial charge >= 0.3 is 0 Å². The fourth-order valence-corrected chi connectivity index (χ4v) is 2.56. The van der Waals surface area contributed by atoms with Crippen LogP contribution in [0.2, 0.25) is 0 Å². The highest BCUT2D eigenvalue weighted by molar-refractivity contribution is 7.08. The Labute approximate surface area is 112 Å². The van der Waals surface area contributed by atoms with E-state index in [-0.39, 0.29) is 17.4 Å². The van der Waals surface area contributed by atoms with E-state index < -0.39 is 0 Å². The minimum Gasteiger partial charge on any atom is -0.504 e. The normalized spacial score (nSPS) is 10.8. The van der Waals surface area contributed by atoms with Crippen molar-refractivity contribution in [3.63, 3.8) is 0 Å². The van der Waals surface area contributed by atoms with E-state index in [1.807, 2.05) is 17.7 Å². The van der Waals surface area contributed by atoms with E-state index in [0.29, 0.717) is 11.4 Å². The highest BCUT2D eigenvalue weighted by Gasteiger charge is 2.17. The molecular weight excluding hydrogens is 264 g/mol. The molecule has 0 radical (unpaired) electrons. The smallest absolute Gasteiger partial charge is 0.262 e. The van der Waals surface area contributed by atoms with Crippen LogP contribution < -0.4 is 0 Å². The van der Waals surface area contributed by atoms with E-state index >= 15 is 0 Å². The Balaban J connectivity index is 2.07. The molecule has 0 saturated carbocycles. The Morgan fingerprint density at radius 1 is 1.16 bits per heavy atom. The van der Waals surface area contributed by atoms with Crippen LogP contribution in [0.1, 0.15) is 5.56 Å². The van der Waals surface area contributed by atoms with E-state index in [1.54, 1.807) is 23.5 Å². The predicted octanol–water partition coefficient (Wildman–Crippen LogP) is 3.18. The van der Waals surface area contributed by atoms with Gasteiger partial charge in [-0.3, -0.25) is 0 Å². The van der Waals surface area contributed by atoms with Crippen LogP contribution in [0.3, 0.4) is 0 Å². The number of phenols is 2. The van der Waals surface area contributed by atoms with Gasteiger partial charge in [0.2, 0.25) is 5.82 Å². The van der Waals surface area contributed by atoms with Gasteiger partial charge in [0.1, 0.15) is 0 Å². The van der Waals surface area contributed by atoms with Crippen molar-refractivity contribution in [2.75, 3.05) is 0 Å². The summed E-state index contributed by atoms with van der Waals surface area (Å²) in [5, 5.41) is 27.1. The second-order valence-corrected chi connectivity index (χ2v) is 4.81. The molecule has 0 saturated heterocycles. The van der Waals surface area contributed by atoms with Crippen LogP contribution in [0.4, 0.5) is 0 Å². The summed E-state index contributed by atoms with van der Waals surface area (Å²) in [5.74, 6) is 0.161. The van der Waals surface area contributed by atoms with Gasteiger partial charge in [0.25, 0.3) is 5.89 Å². The minimum absolute atomic E-state index is 0.175. The van der Waals surface area contributed by atoms with Gasteiger partial charge in [-0.15, -0.1) is 0 Å². The predicted molar refractivity (Wildman–Crippen MR) is 71.1 cm³/mol.